The lowest BCUT2D eigenvalue weighted by molar-refractivity contribution is 0.0735. The Hall–Kier alpha value is -2.49. The number of nitrogens with two attached hydrogens (primary N) is 2. The van der Waals surface area contributed by atoms with Gasteiger partial charge in [-0.15, -0.1) is 0 Å². The maximum absolute atomic E-state index is 12.2. The molecule has 0 aliphatic rings. The second-order valence-electron chi connectivity index (χ2n) is 5.97. The first-order chi connectivity index (χ1) is 10.3. The molecule has 0 amide bonds. The Bertz CT molecular complexity index is 656. The molecule has 0 aliphatic heterocycles. The molecule has 4 nitrogen and oxygen atoms in total. The third kappa shape index (κ3) is 3.22. The number of rotatable bonds is 4. The van der Waals surface area contributed by atoms with E-state index in [4.69, 9.17) is 16.2 Å². The summed E-state index contributed by atoms with van der Waals surface area (Å²) in [7, 11) is 0. The van der Waals surface area contributed by atoms with Gasteiger partial charge in [-0.2, -0.15) is 0 Å². The summed E-state index contributed by atoms with van der Waals surface area (Å²) < 4.78 is 5.31. The first-order valence-corrected chi connectivity index (χ1v) is 7.32. The van der Waals surface area contributed by atoms with E-state index >= 15 is 0 Å². The summed E-state index contributed by atoms with van der Waals surface area (Å²) in [4.78, 5) is 12.2. The van der Waals surface area contributed by atoms with Gasteiger partial charge in [-0.1, -0.05) is 39.0 Å². The Morgan fingerprint density at radius 2 is 1.64 bits per heavy atom. The number of para-hydroxylation sites is 1. The van der Waals surface area contributed by atoms with Crippen LogP contribution in [-0.2, 0) is 5.41 Å². The summed E-state index contributed by atoms with van der Waals surface area (Å²) >= 11 is 0. The molecule has 2 aromatic rings. The van der Waals surface area contributed by atoms with Crippen molar-refractivity contribution >= 4 is 17.3 Å². The predicted octanol–water partition coefficient (Wildman–Crippen LogP) is 3.76. The fraction of sp³-hybridized carbons (Fsp3) is 0.278. The molecule has 0 aliphatic carbocycles. The molecule has 0 fully saturated rings. The number of nitrogen functional groups attached to an aromatic ring is 2. The fourth-order valence-electron chi connectivity index (χ4n) is 2.42. The van der Waals surface area contributed by atoms with Gasteiger partial charge >= 0.3 is 5.97 Å². The van der Waals surface area contributed by atoms with Crippen molar-refractivity contribution < 1.29 is 9.53 Å². The molecule has 4 N–H and O–H groups in total. The van der Waals surface area contributed by atoms with Crippen LogP contribution in [0, 0.1) is 0 Å². The smallest absolute Gasteiger partial charge is 0.343 e. The number of carbonyl (C=O) groups excluding carboxylic acids is 1. The van der Waals surface area contributed by atoms with Gasteiger partial charge in [0.25, 0.3) is 0 Å². The summed E-state index contributed by atoms with van der Waals surface area (Å²) in [6.07, 6.45) is 0.898. The Balaban J connectivity index is 2.32. The Kier molecular flexibility index (Phi) is 4.40. The van der Waals surface area contributed by atoms with Gasteiger partial charge in [0.2, 0.25) is 0 Å². The average molecular weight is 298 g/mol. The van der Waals surface area contributed by atoms with Crippen LogP contribution in [0.1, 0.15) is 43.1 Å². The standard InChI is InChI=1S/C18H22N2O2/c1-4-18(2,3)16-14(19)10-12(11-15(16)20)17(21)22-13-8-6-5-7-9-13/h5-11H,4,19-20H2,1-3H3. The molecule has 0 bridgehead atoms. The number of hydrogen-bond donors (Lipinski definition) is 2. The van der Waals surface area contributed by atoms with E-state index in [2.05, 4.69) is 20.8 Å². The lowest BCUT2D eigenvalue weighted by atomic mass is 9.80. The van der Waals surface area contributed by atoms with Crippen LogP contribution < -0.4 is 16.2 Å². The summed E-state index contributed by atoms with van der Waals surface area (Å²) in [5.41, 5.74) is 14.4. The highest BCUT2D eigenvalue weighted by Crippen LogP contribution is 2.36. The van der Waals surface area contributed by atoms with Crippen molar-refractivity contribution in [1.82, 2.24) is 0 Å². The van der Waals surface area contributed by atoms with Crippen LogP contribution in [0.5, 0.6) is 5.75 Å². The molecule has 116 valence electrons. The fourth-order valence-corrected chi connectivity index (χ4v) is 2.42. The highest BCUT2D eigenvalue weighted by molar-refractivity contribution is 5.94. The lowest BCUT2D eigenvalue weighted by Crippen LogP contribution is -2.21. The van der Waals surface area contributed by atoms with E-state index in [1.165, 1.54) is 0 Å². The third-order valence-electron chi connectivity index (χ3n) is 3.95. The third-order valence-corrected chi connectivity index (χ3v) is 3.95. The van der Waals surface area contributed by atoms with E-state index in [0.717, 1.165) is 12.0 Å². The van der Waals surface area contributed by atoms with Crippen molar-refractivity contribution in [2.24, 2.45) is 0 Å². The molecule has 0 spiro atoms. The van der Waals surface area contributed by atoms with Crippen molar-refractivity contribution in [2.75, 3.05) is 11.5 Å². The van der Waals surface area contributed by atoms with Crippen LogP contribution in [0.15, 0.2) is 42.5 Å². The molecule has 2 rings (SSSR count). The molecule has 22 heavy (non-hydrogen) atoms. The van der Waals surface area contributed by atoms with Crippen molar-refractivity contribution in [3.8, 4) is 5.75 Å². The Labute approximate surface area is 131 Å². The molecule has 0 aromatic heterocycles. The van der Waals surface area contributed by atoms with Gasteiger partial charge in [-0.25, -0.2) is 4.79 Å². The summed E-state index contributed by atoms with van der Waals surface area (Å²) in [5.74, 6) is 0.0214. The average Bonchev–Trinajstić information content (AvgIpc) is 2.47. The van der Waals surface area contributed by atoms with Crippen LogP contribution in [0.3, 0.4) is 0 Å². The predicted molar refractivity (Wildman–Crippen MR) is 90.0 cm³/mol. The van der Waals surface area contributed by atoms with Crippen LogP contribution in [0.25, 0.3) is 0 Å². The van der Waals surface area contributed by atoms with E-state index in [9.17, 15) is 4.79 Å². The topological polar surface area (TPSA) is 78.3 Å². The molecule has 0 saturated heterocycles. The second-order valence-corrected chi connectivity index (χ2v) is 5.97. The summed E-state index contributed by atoms with van der Waals surface area (Å²) in [6, 6.07) is 12.2. The number of ether oxygens (including phenoxy) is 1. The van der Waals surface area contributed by atoms with Gasteiger partial charge in [0.15, 0.2) is 0 Å². The minimum atomic E-state index is -0.467. The largest absolute Gasteiger partial charge is 0.423 e. The highest BCUT2D eigenvalue weighted by Gasteiger charge is 2.25. The van der Waals surface area contributed by atoms with E-state index in [1.807, 2.05) is 6.07 Å². The van der Waals surface area contributed by atoms with Gasteiger partial charge < -0.3 is 16.2 Å². The zero-order chi connectivity index (χ0) is 16.3. The molecule has 0 heterocycles. The molecular weight excluding hydrogens is 276 g/mol. The Morgan fingerprint density at radius 1 is 1.09 bits per heavy atom. The number of anilines is 2. The van der Waals surface area contributed by atoms with Gasteiger partial charge in [0.05, 0.1) is 5.56 Å². The molecule has 0 unspecified atom stereocenters. The van der Waals surface area contributed by atoms with Gasteiger partial charge in [-0.3, -0.25) is 0 Å². The van der Waals surface area contributed by atoms with E-state index in [1.54, 1.807) is 36.4 Å². The number of benzene rings is 2. The monoisotopic (exact) mass is 298 g/mol. The van der Waals surface area contributed by atoms with Gasteiger partial charge in [-0.05, 0) is 36.1 Å². The second kappa shape index (κ2) is 6.10. The van der Waals surface area contributed by atoms with Gasteiger partial charge in [0, 0.05) is 16.9 Å². The number of carbonyl (C=O) groups is 1. The zero-order valence-electron chi connectivity index (χ0n) is 13.2. The maximum atomic E-state index is 12.2. The van der Waals surface area contributed by atoms with Crippen molar-refractivity contribution in [3.05, 3.63) is 53.6 Å². The van der Waals surface area contributed by atoms with E-state index in [0.29, 0.717) is 22.7 Å². The van der Waals surface area contributed by atoms with E-state index in [-0.39, 0.29) is 5.41 Å². The normalized spacial score (nSPS) is 11.2. The molecule has 0 saturated carbocycles. The van der Waals surface area contributed by atoms with Crippen LogP contribution in [0.4, 0.5) is 11.4 Å². The van der Waals surface area contributed by atoms with Crippen molar-refractivity contribution in [1.29, 1.82) is 0 Å². The molecule has 4 heteroatoms. The number of hydrogen-bond acceptors (Lipinski definition) is 4. The zero-order valence-corrected chi connectivity index (χ0v) is 13.2. The highest BCUT2D eigenvalue weighted by atomic mass is 16.5. The lowest BCUT2D eigenvalue weighted by Gasteiger charge is -2.27. The molecule has 2 aromatic carbocycles. The van der Waals surface area contributed by atoms with Crippen LogP contribution in [-0.4, -0.2) is 5.97 Å². The van der Waals surface area contributed by atoms with Crippen molar-refractivity contribution in [2.45, 2.75) is 32.6 Å². The minimum Gasteiger partial charge on any atom is -0.423 e. The molecular formula is C18H22N2O2. The minimum absolute atomic E-state index is 0.143. The summed E-state index contributed by atoms with van der Waals surface area (Å²) in [6.45, 7) is 6.24. The number of esters is 1. The molecule has 0 radical (unpaired) electrons. The molecule has 0 atom stereocenters. The first-order valence-electron chi connectivity index (χ1n) is 7.32. The first kappa shape index (κ1) is 15.9. The van der Waals surface area contributed by atoms with Crippen molar-refractivity contribution in [3.63, 3.8) is 0 Å². The SMILES string of the molecule is CCC(C)(C)c1c(N)cc(C(=O)Oc2ccccc2)cc1N. The van der Waals surface area contributed by atoms with Crippen LogP contribution in [0.2, 0.25) is 0 Å². The quantitative estimate of drug-likeness (QED) is 0.512. The van der Waals surface area contributed by atoms with Crippen LogP contribution >= 0.6 is 0 Å². The maximum Gasteiger partial charge on any atom is 0.343 e. The van der Waals surface area contributed by atoms with E-state index < -0.39 is 5.97 Å². The Morgan fingerprint density at radius 3 is 2.14 bits per heavy atom. The van der Waals surface area contributed by atoms with Gasteiger partial charge in [0.1, 0.15) is 5.75 Å². The summed E-state index contributed by atoms with van der Waals surface area (Å²) in [5, 5.41) is 0.